The molecule has 4 nitrogen and oxygen atoms in total. The van der Waals surface area contributed by atoms with Gasteiger partial charge in [0.2, 0.25) is 0 Å². The van der Waals surface area contributed by atoms with E-state index in [0.29, 0.717) is 16.7 Å². The average Bonchev–Trinajstić information content (AvgIpc) is 3.00. The van der Waals surface area contributed by atoms with Crippen LogP contribution in [0.4, 0.5) is 0 Å². The van der Waals surface area contributed by atoms with Crippen LogP contribution in [0.2, 0.25) is 0 Å². The average molecular weight is 375 g/mol. The maximum absolute atomic E-state index is 5.13. The van der Waals surface area contributed by atoms with Gasteiger partial charge in [-0.3, -0.25) is 0 Å². The van der Waals surface area contributed by atoms with E-state index in [0.717, 1.165) is 36.5 Å². The Balaban J connectivity index is 1.56. The number of fused-ring (bicyclic) bond motifs is 5. The van der Waals surface area contributed by atoms with E-state index in [-0.39, 0.29) is 0 Å². The van der Waals surface area contributed by atoms with Crippen LogP contribution in [0.3, 0.4) is 0 Å². The van der Waals surface area contributed by atoms with Gasteiger partial charge in [0.1, 0.15) is 14.2 Å². The van der Waals surface area contributed by atoms with Crippen molar-refractivity contribution in [2.45, 2.75) is 78.6 Å². The second kappa shape index (κ2) is 7.08. The normalized spacial score (nSPS) is 48.6. The van der Waals surface area contributed by atoms with E-state index in [1.165, 1.54) is 56.4 Å². The Labute approximate surface area is 165 Å². The molecule has 0 aliphatic heterocycles. The van der Waals surface area contributed by atoms with E-state index in [2.05, 4.69) is 31.1 Å². The molecule has 4 aliphatic carbocycles. The topological polar surface area (TPSA) is 43.2 Å². The quantitative estimate of drug-likeness (QED) is 0.472. The molecule has 0 radical (unpaired) electrons. The first-order valence-corrected chi connectivity index (χ1v) is 11.1. The maximum Gasteiger partial charge on any atom is 0.106 e. The molecule has 0 heterocycles. The first kappa shape index (κ1) is 19.3. The van der Waals surface area contributed by atoms with Gasteiger partial charge in [0.25, 0.3) is 0 Å². The summed E-state index contributed by atoms with van der Waals surface area (Å²) in [6, 6.07) is 0. The minimum Gasteiger partial charge on any atom is -0.399 e. The summed E-state index contributed by atoms with van der Waals surface area (Å²) in [5, 5.41) is 8.66. The third-order valence-electron chi connectivity index (χ3n) is 9.46. The van der Waals surface area contributed by atoms with Crippen LogP contribution in [0.15, 0.2) is 10.3 Å². The highest BCUT2D eigenvalue weighted by Crippen LogP contribution is 2.67. The highest BCUT2D eigenvalue weighted by molar-refractivity contribution is 5.85. The van der Waals surface area contributed by atoms with Crippen molar-refractivity contribution in [3.8, 4) is 0 Å². The van der Waals surface area contributed by atoms with Crippen LogP contribution in [-0.4, -0.2) is 25.6 Å². The van der Waals surface area contributed by atoms with Gasteiger partial charge in [-0.15, -0.1) is 0 Å². The van der Waals surface area contributed by atoms with Crippen molar-refractivity contribution in [2.75, 3.05) is 14.2 Å². The summed E-state index contributed by atoms with van der Waals surface area (Å²) in [4.78, 5) is 10.2. The second-order valence-corrected chi connectivity index (χ2v) is 10.3. The molecule has 4 aliphatic rings. The molecule has 4 fully saturated rings. The molecule has 3 unspecified atom stereocenters. The number of rotatable bonds is 3. The number of nitrogens with zero attached hydrogens (tertiary/aromatic N) is 2. The summed E-state index contributed by atoms with van der Waals surface area (Å²) < 4.78 is 0. The van der Waals surface area contributed by atoms with Crippen LogP contribution in [0.25, 0.3) is 0 Å². The first-order chi connectivity index (χ1) is 12.9. The van der Waals surface area contributed by atoms with Crippen molar-refractivity contribution >= 4 is 11.4 Å². The number of hydrogen-bond acceptors (Lipinski definition) is 4. The Morgan fingerprint density at radius 3 is 2.44 bits per heavy atom. The first-order valence-electron chi connectivity index (χ1n) is 11.1. The highest BCUT2D eigenvalue weighted by atomic mass is 16.6. The van der Waals surface area contributed by atoms with E-state index in [4.69, 9.17) is 9.68 Å². The molecule has 152 valence electrons. The van der Waals surface area contributed by atoms with E-state index >= 15 is 0 Å². The third-order valence-corrected chi connectivity index (χ3v) is 9.46. The number of hydrogen-bond donors (Lipinski definition) is 0. The smallest absolute Gasteiger partial charge is 0.106 e. The molecular formula is C23H38N2O2. The van der Waals surface area contributed by atoms with E-state index < -0.39 is 0 Å². The lowest BCUT2D eigenvalue weighted by molar-refractivity contribution is -0.0963. The number of oxime groups is 2. The van der Waals surface area contributed by atoms with Gasteiger partial charge in [-0.25, -0.2) is 0 Å². The largest absolute Gasteiger partial charge is 0.399 e. The summed E-state index contributed by atoms with van der Waals surface area (Å²) in [7, 11) is 3.37. The third kappa shape index (κ3) is 2.93. The van der Waals surface area contributed by atoms with E-state index in [9.17, 15) is 0 Å². The van der Waals surface area contributed by atoms with E-state index in [1.54, 1.807) is 14.2 Å². The lowest BCUT2D eigenvalue weighted by Gasteiger charge is -2.60. The van der Waals surface area contributed by atoms with Crippen LogP contribution in [-0.2, 0) is 9.68 Å². The zero-order valence-corrected chi connectivity index (χ0v) is 18.0. The molecule has 4 rings (SSSR count). The van der Waals surface area contributed by atoms with Gasteiger partial charge in [-0.05, 0) is 99.2 Å². The van der Waals surface area contributed by atoms with Gasteiger partial charge in [-0.1, -0.05) is 24.2 Å². The zero-order valence-electron chi connectivity index (χ0n) is 18.0. The second-order valence-electron chi connectivity index (χ2n) is 10.3. The van der Waals surface area contributed by atoms with Crippen molar-refractivity contribution in [3.05, 3.63) is 0 Å². The molecule has 0 saturated heterocycles. The van der Waals surface area contributed by atoms with Gasteiger partial charge in [0.05, 0.1) is 11.4 Å². The van der Waals surface area contributed by atoms with Crippen LogP contribution in [0, 0.1) is 40.4 Å². The Morgan fingerprint density at radius 2 is 1.70 bits per heavy atom. The molecular weight excluding hydrogens is 336 g/mol. The Morgan fingerprint density at radius 1 is 0.926 bits per heavy atom. The van der Waals surface area contributed by atoms with Gasteiger partial charge < -0.3 is 9.68 Å². The molecule has 4 heteroatoms. The van der Waals surface area contributed by atoms with Gasteiger partial charge in [0.15, 0.2) is 0 Å². The SMILES string of the molecule is CON=C1CC[C@]2(C)C3CC[C@@]4(C)C(CC[C@@H]4C(C)=NOC)C3CC[C@H]2C1. The predicted octanol–water partition coefficient (Wildman–Crippen LogP) is 5.67. The van der Waals surface area contributed by atoms with Crippen LogP contribution in [0.5, 0.6) is 0 Å². The van der Waals surface area contributed by atoms with Gasteiger partial charge in [0, 0.05) is 5.92 Å². The molecule has 4 saturated carbocycles. The fraction of sp³-hybridized carbons (Fsp3) is 0.913. The Kier molecular flexibility index (Phi) is 5.05. The van der Waals surface area contributed by atoms with E-state index in [1.807, 2.05) is 0 Å². The summed E-state index contributed by atoms with van der Waals surface area (Å²) in [6.07, 6.45) is 11.8. The van der Waals surface area contributed by atoms with Gasteiger partial charge in [-0.2, -0.15) is 0 Å². The Bertz CT molecular complexity index is 630. The van der Waals surface area contributed by atoms with Crippen molar-refractivity contribution < 1.29 is 9.68 Å². The Hall–Kier alpha value is -1.06. The van der Waals surface area contributed by atoms with Crippen LogP contribution >= 0.6 is 0 Å². The summed E-state index contributed by atoms with van der Waals surface area (Å²) in [6.45, 7) is 7.37. The van der Waals surface area contributed by atoms with Gasteiger partial charge >= 0.3 is 0 Å². The van der Waals surface area contributed by atoms with Crippen LogP contribution < -0.4 is 0 Å². The molecule has 27 heavy (non-hydrogen) atoms. The maximum atomic E-state index is 5.13. The van der Waals surface area contributed by atoms with Crippen molar-refractivity contribution in [2.24, 2.45) is 50.7 Å². The molecule has 0 aromatic carbocycles. The molecule has 0 spiro atoms. The molecule has 7 atom stereocenters. The highest BCUT2D eigenvalue weighted by Gasteiger charge is 2.60. The fourth-order valence-electron chi connectivity index (χ4n) is 8.17. The lowest BCUT2D eigenvalue weighted by Crippen LogP contribution is -2.53. The minimum atomic E-state index is 0.424. The monoisotopic (exact) mass is 374 g/mol. The molecule has 0 bridgehead atoms. The minimum absolute atomic E-state index is 0.424. The molecule has 0 N–H and O–H groups in total. The molecule has 0 aromatic rings. The summed E-state index contributed by atoms with van der Waals surface area (Å²) in [5.74, 6) is 4.10. The lowest BCUT2D eigenvalue weighted by atomic mass is 9.44. The van der Waals surface area contributed by atoms with Crippen molar-refractivity contribution in [1.29, 1.82) is 0 Å². The van der Waals surface area contributed by atoms with Crippen molar-refractivity contribution in [1.82, 2.24) is 0 Å². The van der Waals surface area contributed by atoms with Crippen molar-refractivity contribution in [3.63, 3.8) is 0 Å². The summed E-state index contributed by atoms with van der Waals surface area (Å²) >= 11 is 0. The fourth-order valence-corrected chi connectivity index (χ4v) is 8.17. The zero-order chi connectivity index (χ0) is 19.2. The molecule has 0 aromatic heterocycles. The molecule has 0 amide bonds. The predicted molar refractivity (Wildman–Crippen MR) is 110 cm³/mol. The summed E-state index contributed by atoms with van der Waals surface area (Å²) in [5.41, 5.74) is 3.45. The standard InChI is InChI=1S/C23H38N2O2/c1-15(24-26-4)19-8-9-20-18-7-6-16-14-17(25-27-5)10-12-22(16,2)21(18)11-13-23(19,20)3/h16,18-21H,6-14H2,1-5H3/t16-,18?,19+,20?,21?,22-,23+/m0/s1. The van der Waals surface area contributed by atoms with Crippen LogP contribution in [0.1, 0.15) is 78.6 Å².